The van der Waals surface area contributed by atoms with E-state index in [0.717, 1.165) is 19.3 Å². The molecule has 0 aliphatic heterocycles. The second kappa shape index (κ2) is 7.29. The molecule has 3 rings (SSSR count). The Morgan fingerprint density at radius 2 is 1.96 bits per heavy atom. The molecule has 4 heteroatoms. The van der Waals surface area contributed by atoms with Crippen LogP contribution in [0.4, 0.5) is 5.69 Å². The van der Waals surface area contributed by atoms with Crippen molar-refractivity contribution in [2.75, 3.05) is 5.32 Å². The summed E-state index contributed by atoms with van der Waals surface area (Å²) < 4.78 is 0. The number of rotatable bonds is 4. The topological polar surface area (TPSA) is 64.9 Å². The van der Waals surface area contributed by atoms with Crippen molar-refractivity contribution >= 4 is 11.6 Å². The van der Waals surface area contributed by atoms with Gasteiger partial charge in [-0.25, -0.2) is 0 Å². The SMILES string of the molecule is C[C@@H](N[C@H]1CCCc2ccccc21)C(=O)Nc1ccccc1C#N. The van der Waals surface area contributed by atoms with Crippen molar-refractivity contribution in [1.82, 2.24) is 5.32 Å². The van der Waals surface area contributed by atoms with Gasteiger partial charge < -0.3 is 5.32 Å². The molecule has 0 aromatic heterocycles. The van der Waals surface area contributed by atoms with Crippen LogP contribution < -0.4 is 10.6 Å². The second-order valence-electron chi connectivity index (χ2n) is 6.18. The Hall–Kier alpha value is -2.64. The third-order valence-corrected chi connectivity index (χ3v) is 4.52. The second-order valence-corrected chi connectivity index (χ2v) is 6.18. The first kappa shape index (κ1) is 16.2. The maximum Gasteiger partial charge on any atom is 0.241 e. The van der Waals surface area contributed by atoms with Crippen molar-refractivity contribution in [3.63, 3.8) is 0 Å². The zero-order chi connectivity index (χ0) is 16.9. The molecule has 1 amide bonds. The molecule has 1 aliphatic carbocycles. The lowest BCUT2D eigenvalue weighted by Gasteiger charge is -2.29. The largest absolute Gasteiger partial charge is 0.324 e. The fourth-order valence-electron chi connectivity index (χ4n) is 3.24. The maximum atomic E-state index is 12.5. The summed E-state index contributed by atoms with van der Waals surface area (Å²) in [5, 5.41) is 15.4. The van der Waals surface area contributed by atoms with Gasteiger partial charge in [0, 0.05) is 6.04 Å². The minimum atomic E-state index is -0.340. The van der Waals surface area contributed by atoms with Crippen LogP contribution in [0.25, 0.3) is 0 Å². The minimum Gasteiger partial charge on any atom is -0.324 e. The molecule has 0 saturated carbocycles. The van der Waals surface area contributed by atoms with E-state index in [1.807, 2.05) is 19.1 Å². The number of aryl methyl sites for hydroxylation is 1. The number of hydrogen-bond donors (Lipinski definition) is 2. The molecule has 0 spiro atoms. The van der Waals surface area contributed by atoms with Crippen LogP contribution >= 0.6 is 0 Å². The van der Waals surface area contributed by atoms with Crippen LogP contribution in [0.2, 0.25) is 0 Å². The van der Waals surface area contributed by atoms with Gasteiger partial charge in [0.05, 0.1) is 17.3 Å². The van der Waals surface area contributed by atoms with E-state index in [4.69, 9.17) is 5.26 Å². The average Bonchev–Trinajstić information content (AvgIpc) is 2.62. The van der Waals surface area contributed by atoms with Gasteiger partial charge in [-0.05, 0) is 49.4 Å². The maximum absolute atomic E-state index is 12.5. The first-order valence-corrected chi connectivity index (χ1v) is 8.33. The Bertz CT molecular complexity index is 778. The van der Waals surface area contributed by atoms with Gasteiger partial charge in [-0.1, -0.05) is 36.4 Å². The molecule has 2 atom stereocenters. The number of hydrogen-bond acceptors (Lipinski definition) is 3. The van der Waals surface area contributed by atoms with Gasteiger partial charge in [-0.3, -0.25) is 10.1 Å². The van der Waals surface area contributed by atoms with Crippen molar-refractivity contribution < 1.29 is 4.79 Å². The molecule has 0 fully saturated rings. The van der Waals surface area contributed by atoms with Crippen molar-refractivity contribution in [2.24, 2.45) is 0 Å². The number of anilines is 1. The number of nitrogens with zero attached hydrogens (tertiary/aromatic N) is 1. The molecule has 0 saturated heterocycles. The van der Waals surface area contributed by atoms with Crippen molar-refractivity contribution in [3.05, 3.63) is 65.2 Å². The van der Waals surface area contributed by atoms with Crippen molar-refractivity contribution in [3.8, 4) is 6.07 Å². The molecule has 4 nitrogen and oxygen atoms in total. The van der Waals surface area contributed by atoms with Crippen molar-refractivity contribution in [1.29, 1.82) is 5.26 Å². The van der Waals surface area contributed by atoms with E-state index in [1.54, 1.807) is 18.2 Å². The number of nitrogens with one attached hydrogen (secondary N) is 2. The monoisotopic (exact) mass is 319 g/mol. The fraction of sp³-hybridized carbons (Fsp3) is 0.300. The normalized spacial score (nSPS) is 17.4. The standard InChI is InChI=1S/C20H21N3O/c1-14(20(24)23-18-11-5-3-8-16(18)13-21)22-19-12-6-9-15-7-2-4-10-17(15)19/h2-5,7-8,10-11,14,19,22H,6,9,12H2,1H3,(H,23,24)/t14-,19+/m1/s1. The van der Waals surface area contributed by atoms with Crippen LogP contribution in [0.5, 0.6) is 0 Å². The number of para-hydroxylation sites is 1. The lowest BCUT2D eigenvalue weighted by Crippen LogP contribution is -2.41. The molecule has 24 heavy (non-hydrogen) atoms. The number of carbonyl (C=O) groups excluding carboxylic acids is 1. The molecule has 2 aromatic carbocycles. The number of amides is 1. The van der Waals surface area contributed by atoms with Gasteiger partial charge in [-0.15, -0.1) is 0 Å². The van der Waals surface area contributed by atoms with Crippen LogP contribution in [0.15, 0.2) is 48.5 Å². The smallest absolute Gasteiger partial charge is 0.241 e. The molecular weight excluding hydrogens is 298 g/mol. The van der Waals surface area contributed by atoms with Gasteiger partial charge in [-0.2, -0.15) is 5.26 Å². The summed E-state index contributed by atoms with van der Waals surface area (Å²) in [6.45, 7) is 1.86. The summed E-state index contributed by atoms with van der Waals surface area (Å²) in [6.07, 6.45) is 3.26. The molecule has 2 N–H and O–H groups in total. The highest BCUT2D eigenvalue weighted by Gasteiger charge is 2.23. The van der Waals surface area contributed by atoms with E-state index >= 15 is 0 Å². The van der Waals surface area contributed by atoms with Gasteiger partial charge in [0.1, 0.15) is 6.07 Å². The minimum absolute atomic E-state index is 0.124. The van der Waals surface area contributed by atoms with Crippen LogP contribution in [-0.4, -0.2) is 11.9 Å². The summed E-state index contributed by atoms with van der Waals surface area (Å²) in [4.78, 5) is 12.5. The Kier molecular flexibility index (Phi) is 4.93. The Morgan fingerprint density at radius 1 is 1.21 bits per heavy atom. The summed E-state index contributed by atoms with van der Waals surface area (Å²) in [7, 11) is 0. The number of benzene rings is 2. The summed E-state index contributed by atoms with van der Waals surface area (Å²) >= 11 is 0. The van der Waals surface area contributed by atoms with E-state index in [-0.39, 0.29) is 18.0 Å². The number of carbonyl (C=O) groups is 1. The third kappa shape index (κ3) is 3.47. The molecule has 0 radical (unpaired) electrons. The zero-order valence-corrected chi connectivity index (χ0v) is 13.8. The van der Waals surface area contributed by atoms with Crippen LogP contribution in [-0.2, 0) is 11.2 Å². The highest BCUT2D eigenvalue weighted by Crippen LogP contribution is 2.29. The van der Waals surface area contributed by atoms with Crippen LogP contribution in [0.1, 0.15) is 42.5 Å². The summed E-state index contributed by atoms with van der Waals surface area (Å²) in [5.41, 5.74) is 3.69. The predicted molar refractivity (Wildman–Crippen MR) is 94.5 cm³/mol. The average molecular weight is 319 g/mol. The van der Waals surface area contributed by atoms with Gasteiger partial charge in [0.15, 0.2) is 0 Å². The number of nitriles is 1. The van der Waals surface area contributed by atoms with Gasteiger partial charge in [0.25, 0.3) is 0 Å². The molecule has 0 bridgehead atoms. The quantitative estimate of drug-likeness (QED) is 0.905. The first-order chi connectivity index (χ1) is 11.7. The predicted octanol–water partition coefficient (Wildman–Crippen LogP) is 3.55. The van der Waals surface area contributed by atoms with E-state index in [2.05, 4.69) is 34.9 Å². The van der Waals surface area contributed by atoms with E-state index in [0.29, 0.717) is 11.3 Å². The lowest BCUT2D eigenvalue weighted by atomic mass is 9.87. The van der Waals surface area contributed by atoms with Crippen molar-refractivity contribution in [2.45, 2.75) is 38.3 Å². The van der Waals surface area contributed by atoms with Gasteiger partial charge in [0.2, 0.25) is 5.91 Å². The Balaban J connectivity index is 1.68. The zero-order valence-electron chi connectivity index (χ0n) is 13.8. The lowest BCUT2D eigenvalue weighted by molar-refractivity contribution is -0.118. The van der Waals surface area contributed by atoms with E-state index in [9.17, 15) is 4.79 Å². The summed E-state index contributed by atoms with van der Waals surface area (Å²) in [6, 6.07) is 17.4. The van der Waals surface area contributed by atoms with Crippen LogP contribution in [0, 0.1) is 11.3 Å². The molecule has 2 aromatic rings. The highest BCUT2D eigenvalue weighted by atomic mass is 16.2. The molecule has 122 valence electrons. The molecule has 0 heterocycles. The third-order valence-electron chi connectivity index (χ3n) is 4.52. The van der Waals surface area contributed by atoms with Gasteiger partial charge >= 0.3 is 0 Å². The Labute approximate surface area is 142 Å². The highest BCUT2D eigenvalue weighted by molar-refractivity contribution is 5.95. The number of fused-ring (bicyclic) bond motifs is 1. The molecule has 0 unspecified atom stereocenters. The van der Waals surface area contributed by atoms with E-state index < -0.39 is 0 Å². The fourth-order valence-corrected chi connectivity index (χ4v) is 3.24. The van der Waals surface area contributed by atoms with E-state index in [1.165, 1.54) is 11.1 Å². The Morgan fingerprint density at radius 3 is 2.79 bits per heavy atom. The molecule has 1 aliphatic rings. The van der Waals surface area contributed by atoms with Crippen LogP contribution in [0.3, 0.4) is 0 Å². The summed E-state index contributed by atoms with van der Waals surface area (Å²) in [5.74, 6) is -0.124. The molecular formula is C20H21N3O. The first-order valence-electron chi connectivity index (χ1n) is 8.33.